The fourth-order valence-corrected chi connectivity index (χ4v) is 5.55. The van der Waals surface area contributed by atoms with Gasteiger partial charge in [0.15, 0.2) is 5.16 Å². The first-order valence-electron chi connectivity index (χ1n) is 9.18. The highest BCUT2D eigenvalue weighted by atomic mass is 32.2. The molecule has 8 heteroatoms. The van der Waals surface area contributed by atoms with Crippen molar-refractivity contribution in [1.82, 2.24) is 9.55 Å². The molecule has 1 aliphatic rings. The van der Waals surface area contributed by atoms with Crippen molar-refractivity contribution in [2.45, 2.75) is 37.1 Å². The number of fused-ring (bicyclic) bond motifs is 3. The van der Waals surface area contributed by atoms with Crippen molar-refractivity contribution >= 4 is 33.3 Å². The third-order valence-electron chi connectivity index (χ3n) is 4.84. The molecule has 4 rings (SSSR count). The molecule has 0 fully saturated rings. The second kappa shape index (κ2) is 8.32. The minimum atomic E-state index is -0.738. The van der Waals surface area contributed by atoms with Gasteiger partial charge in [-0.25, -0.2) is 9.37 Å². The fourth-order valence-electron chi connectivity index (χ4n) is 3.37. The Labute approximate surface area is 170 Å². The first-order valence-corrected chi connectivity index (χ1v) is 11.0. The third kappa shape index (κ3) is 3.87. The summed E-state index contributed by atoms with van der Waals surface area (Å²) in [6, 6.07) is 6.41. The Kier molecular flexibility index (Phi) is 5.82. The van der Waals surface area contributed by atoms with E-state index in [2.05, 4.69) is 4.98 Å². The molecule has 1 N–H and O–H groups in total. The predicted molar refractivity (Wildman–Crippen MR) is 110 cm³/mol. The number of thioether (sulfide) groups is 1. The maximum atomic E-state index is 13.6. The number of aryl methyl sites for hydroxylation is 2. The fraction of sp³-hybridized carbons (Fsp3) is 0.400. The summed E-state index contributed by atoms with van der Waals surface area (Å²) in [5.74, 6) is 0.0236. The molecule has 28 heavy (non-hydrogen) atoms. The summed E-state index contributed by atoms with van der Waals surface area (Å²) in [4.78, 5) is 19.5. The van der Waals surface area contributed by atoms with Crippen LogP contribution in [0.2, 0.25) is 0 Å². The molecule has 0 spiro atoms. The molecule has 1 aromatic carbocycles. The van der Waals surface area contributed by atoms with Crippen LogP contribution in [0.3, 0.4) is 0 Å². The number of halogens is 1. The summed E-state index contributed by atoms with van der Waals surface area (Å²) in [5.41, 5.74) is 1.62. The molecule has 0 aliphatic heterocycles. The Hall–Kier alpha value is -1.74. The van der Waals surface area contributed by atoms with Crippen LogP contribution in [0.4, 0.5) is 4.39 Å². The van der Waals surface area contributed by atoms with Gasteiger partial charge in [-0.05, 0) is 30.9 Å². The van der Waals surface area contributed by atoms with Gasteiger partial charge >= 0.3 is 0 Å². The van der Waals surface area contributed by atoms with E-state index in [1.54, 1.807) is 41.2 Å². The molecule has 5 nitrogen and oxygen atoms in total. The largest absolute Gasteiger partial charge is 0.390 e. The van der Waals surface area contributed by atoms with E-state index in [-0.39, 0.29) is 24.6 Å². The van der Waals surface area contributed by atoms with E-state index >= 15 is 0 Å². The van der Waals surface area contributed by atoms with Crippen LogP contribution in [0.1, 0.15) is 22.4 Å². The summed E-state index contributed by atoms with van der Waals surface area (Å²) in [6.45, 7) is 0.197. The summed E-state index contributed by atoms with van der Waals surface area (Å²) in [7, 11) is 1.72. The number of thiophene rings is 1. The van der Waals surface area contributed by atoms with Crippen molar-refractivity contribution in [1.29, 1.82) is 0 Å². The standard InChI is InChI=1S/C20H21FN2O3S2/c1-23-19(25)17-14-6-4-8-16(14)28-18(17)22-20(23)27-11-13(24)10-26-9-12-5-2-3-7-15(12)21/h2-3,5,7,13,24H,4,6,8-11H2,1H3/t13-/m1/s1. The van der Waals surface area contributed by atoms with Crippen LogP contribution in [0.15, 0.2) is 34.2 Å². The van der Waals surface area contributed by atoms with Gasteiger partial charge in [0.1, 0.15) is 10.6 Å². The van der Waals surface area contributed by atoms with Gasteiger partial charge in [-0.2, -0.15) is 0 Å². The van der Waals surface area contributed by atoms with Crippen molar-refractivity contribution in [2.75, 3.05) is 12.4 Å². The smallest absolute Gasteiger partial charge is 0.262 e. The molecule has 0 saturated carbocycles. The molecular weight excluding hydrogens is 399 g/mol. The maximum Gasteiger partial charge on any atom is 0.262 e. The van der Waals surface area contributed by atoms with Crippen LogP contribution in [0, 0.1) is 5.82 Å². The highest BCUT2D eigenvalue weighted by Crippen LogP contribution is 2.35. The lowest BCUT2D eigenvalue weighted by Gasteiger charge is -2.12. The molecule has 0 bridgehead atoms. The van der Waals surface area contributed by atoms with Crippen LogP contribution in [0.25, 0.3) is 10.2 Å². The Morgan fingerprint density at radius 2 is 2.21 bits per heavy atom. The molecule has 2 heterocycles. The van der Waals surface area contributed by atoms with E-state index in [0.29, 0.717) is 16.5 Å². The van der Waals surface area contributed by atoms with E-state index in [4.69, 9.17) is 4.74 Å². The Morgan fingerprint density at radius 1 is 1.39 bits per heavy atom. The number of nitrogens with zero attached hydrogens (tertiary/aromatic N) is 2. The number of hydrogen-bond acceptors (Lipinski definition) is 6. The van der Waals surface area contributed by atoms with Crippen molar-refractivity contribution in [3.63, 3.8) is 0 Å². The van der Waals surface area contributed by atoms with Gasteiger partial charge in [-0.1, -0.05) is 30.0 Å². The first kappa shape index (κ1) is 19.6. The zero-order valence-electron chi connectivity index (χ0n) is 15.5. The Bertz CT molecular complexity index is 1060. The normalized spacial score (nSPS) is 14.5. The number of ether oxygens (including phenoxy) is 1. The van der Waals surface area contributed by atoms with Crippen LogP contribution < -0.4 is 5.56 Å². The summed E-state index contributed by atoms with van der Waals surface area (Å²) in [6.07, 6.45) is 2.35. The molecule has 0 radical (unpaired) electrons. The summed E-state index contributed by atoms with van der Waals surface area (Å²) < 4.78 is 20.6. The van der Waals surface area contributed by atoms with E-state index in [1.165, 1.54) is 28.3 Å². The molecule has 3 aromatic rings. The molecule has 0 amide bonds. The van der Waals surface area contributed by atoms with Crippen molar-refractivity contribution in [3.8, 4) is 0 Å². The minimum absolute atomic E-state index is 0.0165. The zero-order chi connectivity index (χ0) is 19.7. The number of rotatable bonds is 7. The number of benzene rings is 1. The highest BCUT2D eigenvalue weighted by Gasteiger charge is 2.22. The first-order chi connectivity index (χ1) is 13.5. The van der Waals surface area contributed by atoms with Gasteiger partial charge in [-0.3, -0.25) is 9.36 Å². The highest BCUT2D eigenvalue weighted by molar-refractivity contribution is 7.99. The summed E-state index contributed by atoms with van der Waals surface area (Å²) in [5, 5.41) is 11.5. The third-order valence-corrected chi connectivity index (χ3v) is 7.20. The lowest BCUT2D eigenvalue weighted by molar-refractivity contribution is 0.0386. The van der Waals surface area contributed by atoms with Gasteiger partial charge in [-0.15, -0.1) is 11.3 Å². The molecular formula is C20H21FN2O3S2. The number of aliphatic hydroxyl groups is 1. The zero-order valence-corrected chi connectivity index (χ0v) is 17.1. The van der Waals surface area contributed by atoms with Gasteiger partial charge in [0.2, 0.25) is 0 Å². The molecule has 0 unspecified atom stereocenters. The topological polar surface area (TPSA) is 64.3 Å². The monoisotopic (exact) mass is 420 g/mol. The molecule has 1 atom stereocenters. The van der Waals surface area contributed by atoms with Crippen molar-refractivity contribution in [3.05, 3.63) is 56.4 Å². The number of aliphatic hydroxyl groups excluding tert-OH is 1. The minimum Gasteiger partial charge on any atom is -0.390 e. The Balaban J connectivity index is 1.38. The molecule has 0 saturated heterocycles. The van der Waals surface area contributed by atoms with Crippen LogP contribution in [0.5, 0.6) is 0 Å². The van der Waals surface area contributed by atoms with Gasteiger partial charge in [0, 0.05) is 23.2 Å². The van der Waals surface area contributed by atoms with Crippen LogP contribution in [-0.2, 0) is 31.2 Å². The average Bonchev–Trinajstić information content (AvgIpc) is 3.26. The van der Waals surface area contributed by atoms with Crippen molar-refractivity contribution in [2.24, 2.45) is 7.05 Å². The second-order valence-corrected chi connectivity index (χ2v) is 8.94. The van der Waals surface area contributed by atoms with Gasteiger partial charge in [0.25, 0.3) is 5.56 Å². The van der Waals surface area contributed by atoms with Crippen LogP contribution >= 0.6 is 23.1 Å². The molecule has 148 valence electrons. The second-order valence-electron chi connectivity index (χ2n) is 6.87. The lowest BCUT2D eigenvalue weighted by Crippen LogP contribution is -2.22. The maximum absolute atomic E-state index is 13.6. The Morgan fingerprint density at radius 3 is 3.04 bits per heavy atom. The van der Waals surface area contributed by atoms with Crippen LogP contribution in [-0.4, -0.2) is 33.1 Å². The van der Waals surface area contributed by atoms with E-state index in [9.17, 15) is 14.3 Å². The van der Waals surface area contributed by atoms with Crippen molar-refractivity contribution < 1.29 is 14.2 Å². The lowest BCUT2D eigenvalue weighted by atomic mass is 10.2. The average molecular weight is 421 g/mol. The summed E-state index contributed by atoms with van der Waals surface area (Å²) >= 11 is 2.94. The number of aromatic nitrogens is 2. The SMILES string of the molecule is Cn1c(SC[C@H](O)COCc2ccccc2F)nc2sc3c(c2c1=O)CCC3. The quantitative estimate of drug-likeness (QED) is 0.469. The van der Waals surface area contributed by atoms with Gasteiger partial charge < -0.3 is 9.84 Å². The van der Waals surface area contributed by atoms with E-state index in [1.807, 2.05) is 0 Å². The molecule has 1 aliphatic carbocycles. The predicted octanol–water partition coefficient (Wildman–Crippen LogP) is 3.29. The van der Waals surface area contributed by atoms with Gasteiger partial charge in [0.05, 0.1) is 24.7 Å². The van der Waals surface area contributed by atoms with E-state index < -0.39 is 6.10 Å². The number of hydrogen-bond donors (Lipinski definition) is 1. The van der Waals surface area contributed by atoms with E-state index in [0.717, 1.165) is 29.5 Å². The molecule has 2 aromatic heterocycles.